The van der Waals surface area contributed by atoms with E-state index in [1.807, 2.05) is 0 Å². The molecule has 0 aliphatic heterocycles. The van der Waals surface area contributed by atoms with Crippen LogP contribution in [0.2, 0.25) is 0 Å². The minimum atomic E-state index is -2.42. The zero-order valence-corrected chi connectivity index (χ0v) is 10.0. The molecule has 0 bridgehead atoms. The minimum Gasteiger partial charge on any atom is -0.480 e. The van der Waals surface area contributed by atoms with E-state index in [0.29, 0.717) is 11.2 Å². The number of anilines is 1. The number of nitrogens with zero attached hydrogens (tertiary/aromatic N) is 2. The molecule has 1 unspecified atom stereocenters. The summed E-state index contributed by atoms with van der Waals surface area (Å²) in [5.74, 6) is -1.19. The molecule has 2 aromatic rings. The van der Waals surface area contributed by atoms with Gasteiger partial charge in [0.05, 0.1) is 11.2 Å². The highest BCUT2D eigenvalue weighted by Gasteiger charge is 2.18. The van der Waals surface area contributed by atoms with Gasteiger partial charge in [-0.2, -0.15) is 0 Å². The Labute approximate surface area is 105 Å². The maximum Gasteiger partial charge on any atom is 0.324 e. The van der Waals surface area contributed by atoms with Gasteiger partial charge in [0, 0.05) is 11.6 Å². The highest BCUT2D eigenvalue weighted by Crippen LogP contribution is 2.25. The quantitative estimate of drug-likeness (QED) is 0.813. The van der Waals surface area contributed by atoms with Gasteiger partial charge < -0.3 is 5.11 Å². The second-order valence-electron chi connectivity index (χ2n) is 3.51. The molecule has 0 saturated carbocycles. The first-order valence-corrected chi connectivity index (χ1v) is 6.10. The summed E-state index contributed by atoms with van der Waals surface area (Å²) in [6.07, 6.45) is 1.55. The monoisotopic (exact) mass is 266 g/mol. The number of rotatable bonds is 4. The molecule has 0 aliphatic rings. The fourth-order valence-corrected chi connectivity index (χ4v) is 2.17. The van der Waals surface area contributed by atoms with E-state index in [0.717, 1.165) is 9.69 Å². The Kier molecular flexibility index (Phi) is 3.54. The normalized spacial score (nSPS) is 12.3. The summed E-state index contributed by atoms with van der Waals surface area (Å²) in [7, 11) is 0. The molecular formula is C11H10N2O4S. The molecule has 0 amide bonds. The van der Waals surface area contributed by atoms with Crippen molar-refractivity contribution in [1.82, 2.24) is 4.98 Å². The van der Waals surface area contributed by atoms with Crippen LogP contribution in [-0.2, 0) is 16.1 Å². The van der Waals surface area contributed by atoms with Crippen molar-refractivity contribution in [3.05, 3.63) is 36.5 Å². The van der Waals surface area contributed by atoms with Gasteiger partial charge in [0.15, 0.2) is 0 Å². The molecule has 0 fully saturated rings. The Morgan fingerprint density at radius 3 is 2.72 bits per heavy atom. The number of aliphatic carboxylic acids is 1. The molecule has 1 aromatic carbocycles. The topological polar surface area (TPSA) is 90.7 Å². The fourth-order valence-electron chi connectivity index (χ4n) is 1.64. The van der Waals surface area contributed by atoms with Gasteiger partial charge >= 0.3 is 5.97 Å². The number of aromatic nitrogens is 1. The number of carboxylic acid groups (broad SMARTS) is 1. The van der Waals surface area contributed by atoms with Crippen LogP contribution in [0.4, 0.5) is 5.69 Å². The predicted octanol–water partition coefficient (Wildman–Crippen LogP) is 1.26. The van der Waals surface area contributed by atoms with Gasteiger partial charge in [-0.1, -0.05) is 18.2 Å². The zero-order chi connectivity index (χ0) is 13.1. The van der Waals surface area contributed by atoms with E-state index in [4.69, 9.17) is 5.11 Å². The Morgan fingerprint density at radius 2 is 2.06 bits per heavy atom. The van der Waals surface area contributed by atoms with Crippen molar-refractivity contribution in [3.8, 4) is 0 Å². The molecule has 1 aromatic heterocycles. The minimum absolute atomic E-state index is 0.316. The Hall–Kier alpha value is -1.99. The number of benzene rings is 1. The van der Waals surface area contributed by atoms with Crippen molar-refractivity contribution in [3.63, 3.8) is 0 Å². The van der Waals surface area contributed by atoms with E-state index < -0.39 is 23.8 Å². The number of fused-ring (bicyclic) bond motifs is 1. The molecular weight excluding hydrogens is 256 g/mol. The van der Waals surface area contributed by atoms with Crippen LogP contribution in [0.15, 0.2) is 36.5 Å². The highest BCUT2D eigenvalue weighted by molar-refractivity contribution is 7.80. The Morgan fingerprint density at radius 1 is 1.33 bits per heavy atom. The Balaban J connectivity index is 2.57. The van der Waals surface area contributed by atoms with Gasteiger partial charge in [-0.05, 0) is 12.1 Å². The molecule has 0 saturated heterocycles. The molecule has 0 spiro atoms. The summed E-state index contributed by atoms with van der Waals surface area (Å²) in [5.41, 5.74) is 0.806. The summed E-state index contributed by atoms with van der Waals surface area (Å²) >= 11 is -2.42. The lowest BCUT2D eigenvalue weighted by molar-refractivity contribution is -0.135. The van der Waals surface area contributed by atoms with Crippen LogP contribution in [0.25, 0.3) is 10.9 Å². The van der Waals surface area contributed by atoms with E-state index in [1.54, 1.807) is 36.5 Å². The van der Waals surface area contributed by atoms with Crippen LogP contribution in [0.3, 0.4) is 0 Å². The van der Waals surface area contributed by atoms with Crippen molar-refractivity contribution in [1.29, 1.82) is 0 Å². The van der Waals surface area contributed by atoms with Gasteiger partial charge in [-0.25, -0.2) is 4.21 Å². The average Bonchev–Trinajstić information content (AvgIpc) is 2.35. The third-order valence-corrected chi connectivity index (χ3v) is 3.05. The Bertz CT molecular complexity index is 612. The second-order valence-corrected chi connectivity index (χ2v) is 4.42. The van der Waals surface area contributed by atoms with Crippen LogP contribution in [0.1, 0.15) is 0 Å². The summed E-state index contributed by atoms with van der Waals surface area (Å²) in [6.45, 7) is -0.571. The molecule has 94 valence electrons. The molecule has 2 rings (SSSR count). The van der Waals surface area contributed by atoms with Gasteiger partial charge in [-0.3, -0.25) is 18.6 Å². The first kappa shape index (κ1) is 12.5. The second kappa shape index (κ2) is 5.11. The van der Waals surface area contributed by atoms with Crippen molar-refractivity contribution in [2.75, 3.05) is 10.8 Å². The van der Waals surface area contributed by atoms with Crippen LogP contribution in [-0.4, -0.2) is 31.4 Å². The first-order valence-electron chi connectivity index (χ1n) is 5.03. The molecule has 0 radical (unpaired) electrons. The SMILES string of the molecule is O=C(O)CN(c1cccc2cccnc12)S(=O)O. The van der Waals surface area contributed by atoms with Crippen LogP contribution in [0.5, 0.6) is 0 Å². The smallest absolute Gasteiger partial charge is 0.324 e. The standard InChI is InChI=1S/C11H10N2O4S/c14-10(15)7-13(18(16)17)9-5-1-3-8-4-2-6-12-11(8)9/h1-6H,7H2,(H,14,15)(H,16,17). The lowest BCUT2D eigenvalue weighted by atomic mass is 10.2. The maximum atomic E-state index is 11.2. The van der Waals surface area contributed by atoms with Crippen molar-refractivity contribution in [2.24, 2.45) is 0 Å². The van der Waals surface area contributed by atoms with Gasteiger partial charge in [0.2, 0.25) is 0 Å². The van der Waals surface area contributed by atoms with E-state index in [1.165, 1.54) is 0 Å². The fraction of sp³-hybridized carbons (Fsp3) is 0.0909. The first-order chi connectivity index (χ1) is 8.59. The van der Waals surface area contributed by atoms with E-state index in [2.05, 4.69) is 4.98 Å². The summed E-state index contributed by atoms with van der Waals surface area (Å²) in [6, 6.07) is 8.58. The van der Waals surface area contributed by atoms with Crippen LogP contribution >= 0.6 is 0 Å². The molecule has 7 heteroatoms. The number of hydrogen-bond donors (Lipinski definition) is 2. The van der Waals surface area contributed by atoms with Crippen LogP contribution < -0.4 is 4.31 Å². The number of pyridine rings is 1. The van der Waals surface area contributed by atoms with Gasteiger partial charge in [0.1, 0.15) is 6.54 Å². The summed E-state index contributed by atoms with van der Waals surface area (Å²) in [4.78, 5) is 14.8. The van der Waals surface area contributed by atoms with E-state index in [-0.39, 0.29) is 0 Å². The maximum absolute atomic E-state index is 11.2. The van der Waals surface area contributed by atoms with Crippen molar-refractivity contribution < 1.29 is 18.7 Å². The number of carbonyl (C=O) groups is 1. The van der Waals surface area contributed by atoms with Crippen molar-refractivity contribution >= 4 is 33.8 Å². The molecule has 18 heavy (non-hydrogen) atoms. The van der Waals surface area contributed by atoms with Gasteiger partial charge in [0.25, 0.3) is 11.3 Å². The average molecular weight is 266 g/mol. The number of carboxylic acids is 1. The molecule has 1 heterocycles. The summed E-state index contributed by atoms with van der Waals surface area (Å²) < 4.78 is 21.3. The van der Waals surface area contributed by atoms with Crippen LogP contribution in [0, 0.1) is 0 Å². The zero-order valence-electron chi connectivity index (χ0n) is 9.18. The van der Waals surface area contributed by atoms with Gasteiger partial charge in [-0.15, -0.1) is 0 Å². The molecule has 0 aliphatic carbocycles. The molecule has 2 N–H and O–H groups in total. The predicted molar refractivity (Wildman–Crippen MR) is 67.5 cm³/mol. The lowest BCUT2D eigenvalue weighted by Gasteiger charge is -2.18. The number of para-hydroxylation sites is 1. The third kappa shape index (κ3) is 2.47. The number of hydrogen-bond acceptors (Lipinski definition) is 3. The largest absolute Gasteiger partial charge is 0.480 e. The van der Waals surface area contributed by atoms with Crippen molar-refractivity contribution in [2.45, 2.75) is 0 Å². The molecule has 6 nitrogen and oxygen atoms in total. The highest BCUT2D eigenvalue weighted by atomic mass is 32.2. The van der Waals surface area contributed by atoms with E-state index in [9.17, 15) is 13.6 Å². The third-order valence-electron chi connectivity index (χ3n) is 2.35. The van der Waals surface area contributed by atoms with E-state index >= 15 is 0 Å². The molecule has 1 atom stereocenters. The lowest BCUT2D eigenvalue weighted by Crippen LogP contribution is -2.31. The summed E-state index contributed by atoms with van der Waals surface area (Å²) in [5, 5.41) is 9.53.